The molecule has 0 saturated heterocycles. The first-order valence-electron chi connectivity index (χ1n) is 4.45. The minimum Gasteiger partial charge on any atom is -0.389 e. The summed E-state index contributed by atoms with van der Waals surface area (Å²) in [6.45, 7) is -0.225. The predicted octanol–water partition coefficient (Wildman–Crippen LogP) is 2.08. The largest absolute Gasteiger partial charge is 0.390 e. The normalized spacial score (nSPS) is 11.2. The molecule has 1 heterocycles. The van der Waals surface area contributed by atoms with Crippen LogP contribution < -0.4 is 11.1 Å². The Bertz CT molecular complexity index is 379. The number of hydrogen-bond donors (Lipinski definition) is 2. The van der Waals surface area contributed by atoms with E-state index in [1.165, 1.54) is 12.3 Å². The topological polar surface area (TPSA) is 50.9 Å². The fourth-order valence-electron chi connectivity index (χ4n) is 1.01. The minimum atomic E-state index is -4.17. The van der Waals surface area contributed by atoms with Gasteiger partial charge < -0.3 is 11.1 Å². The third-order valence-electron chi connectivity index (χ3n) is 1.76. The van der Waals surface area contributed by atoms with E-state index in [0.717, 1.165) is 0 Å². The summed E-state index contributed by atoms with van der Waals surface area (Å²) in [7, 11) is 0. The Morgan fingerprint density at radius 2 is 2.19 bits per heavy atom. The Hall–Kier alpha value is -1.37. The van der Waals surface area contributed by atoms with Gasteiger partial charge in [0.25, 0.3) is 0 Å². The van der Waals surface area contributed by atoms with E-state index in [-0.39, 0.29) is 11.5 Å². The van der Waals surface area contributed by atoms with E-state index in [1.807, 2.05) is 0 Å². The summed E-state index contributed by atoms with van der Waals surface area (Å²) in [5.41, 5.74) is 5.95. The number of halogens is 3. The number of thiocarbonyl (C=S) groups is 1. The molecule has 0 aliphatic heterocycles. The first kappa shape index (κ1) is 12.7. The van der Waals surface area contributed by atoms with Crippen LogP contribution in [0, 0.1) is 0 Å². The Morgan fingerprint density at radius 1 is 1.50 bits per heavy atom. The van der Waals surface area contributed by atoms with Crippen LogP contribution in [-0.2, 0) is 0 Å². The van der Waals surface area contributed by atoms with Crippen molar-refractivity contribution in [2.45, 2.75) is 12.6 Å². The lowest BCUT2D eigenvalue weighted by Gasteiger charge is -2.08. The Morgan fingerprint density at radius 3 is 2.75 bits per heavy atom. The molecule has 3 nitrogen and oxygen atoms in total. The van der Waals surface area contributed by atoms with Crippen molar-refractivity contribution >= 4 is 23.0 Å². The van der Waals surface area contributed by atoms with E-state index in [1.54, 1.807) is 6.07 Å². The second kappa shape index (κ2) is 5.11. The van der Waals surface area contributed by atoms with Crippen LogP contribution in [-0.4, -0.2) is 22.7 Å². The first-order chi connectivity index (χ1) is 7.38. The van der Waals surface area contributed by atoms with Gasteiger partial charge in [-0.25, -0.2) is 4.98 Å². The van der Waals surface area contributed by atoms with Gasteiger partial charge in [-0.3, -0.25) is 0 Å². The second-order valence-corrected chi connectivity index (χ2v) is 3.53. The zero-order valence-electron chi connectivity index (χ0n) is 8.21. The summed E-state index contributed by atoms with van der Waals surface area (Å²) < 4.78 is 35.6. The molecule has 1 aromatic rings. The average molecular weight is 249 g/mol. The summed E-state index contributed by atoms with van der Waals surface area (Å²) in [5.74, 6) is 0.328. The fourth-order valence-corrected chi connectivity index (χ4v) is 1.14. The highest BCUT2D eigenvalue weighted by Crippen LogP contribution is 2.19. The van der Waals surface area contributed by atoms with Crippen molar-refractivity contribution in [3.05, 3.63) is 23.9 Å². The van der Waals surface area contributed by atoms with Crippen molar-refractivity contribution in [3.8, 4) is 0 Å². The standard InChI is InChI=1S/C9H10F3N3S/c10-9(11,12)2-4-15-7-5-6(8(13)16)1-3-14-7/h1,3,5H,2,4H2,(H2,13,16)(H,14,15). The highest BCUT2D eigenvalue weighted by molar-refractivity contribution is 7.80. The van der Waals surface area contributed by atoms with Crippen molar-refractivity contribution < 1.29 is 13.2 Å². The zero-order chi connectivity index (χ0) is 12.2. The van der Waals surface area contributed by atoms with E-state index >= 15 is 0 Å². The number of nitrogens with two attached hydrogens (primary N) is 1. The average Bonchev–Trinajstić information content (AvgIpc) is 2.16. The highest BCUT2D eigenvalue weighted by Gasteiger charge is 2.26. The van der Waals surface area contributed by atoms with Crippen LogP contribution in [0.25, 0.3) is 0 Å². The lowest BCUT2D eigenvalue weighted by atomic mass is 10.2. The monoisotopic (exact) mass is 249 g/mol. The molecular formula is C9H10F3N3S. The summed E-state index contributed by atoms with van der Waals surface area (Å²) >= 11 is 4.74. The van der Waals surface area contributed by atoms with Crippen LogP contribution >= 0.6 is 12.2 Å². The van der Waals surface area contributed by atoms with Gasteiger partial charge in [-0.05, 0) is 12.1 Å². The quantitative estimate of drug-likeness (QED) is 0.802. The van der Waals surface area contributed by atoms with E-state index in [2.05, 4.69) is 10.3 Å². The van der Waals surface area contributed by atoms with Crippen molar-refractivity contribution in [1.82, 2.24) is 4.98 Å². The van der Waals surface area contributed by atoms with Gasteiger partial charge in [-0.1, -0.05) is 12.2 Å². The molecule has 0 amide bonds. The minimum absolute atomic E-state index is 0.182. The summed E-state index contributed by atoms with van der Waals surface area (Å²) in [6.07, 6.45) is -3.65. The molecule has 0 aromatic carbocycles. The maximum absolute atomic E-state index is 11.9. The lowest BCUT2D eigenvalue weighted by Crippen LogP contribution is -2.16. The number of pyridine rings is 1. The third-order valence-corrected chi connectivity index (χ3v) is 1.99. The van der Waals surface area contributed by atoms with Gasteiger partial charge in [-0.15, -0.1) is 0 Å². The van der Waals surface area contributed by atoms with Crippen LogP contribution in [0.1, 0.15) is 12.0 Å². The lowest BCUT2D eigenvalue weighted by molar-refractivity contribution is -0.131. The van der Waals surface area contributed by atoms with E-state index in [0.29, 0.717) is 11.4 Å². The van der Waals surface area contributed by atoms with Crippen LogP contribution in [0.3, 0.4) is 0 Å². The van der Waals surface area contributed by atoms with Crippen LogP contribution in [0.2, 0.25) is 0 Å². The van der Waals surface area contributed by atoms with Gasteiger partial charge in [0, 0.05) is 18.3 Å². The zero-order valence-corrected chi connectivity index (χ0v) is 9.03. The van der Waals surface area contributed by atoms with Crippen molar-refractivity contribution in [3.63, 3.8) is 0 Å². The summed E-state index contributed by atoms with van der Waals surface area (Å²) in [5, 5.41) is 2.55. The molecule has 0 aliphatic carbocycles. The Labute approximate surface area is 95.9 Å². The molecule has 0 atom stereocenters. The molecule has 1 rings (SSSR count). The highest BCUT2D eigenvalue weighted by atomic mass is 32.1. The predicted molar refractivity (Wildman–Crippen MR) is 59.3 cm³/mol. The number of aromatic nitrogens is 1. The molecule has 0 unspecified atom stereocenters. The molecule has 0 fully saturated rings. The maximum Gasteiger partial charge on any atom is 0.390 e. The second-order valence-electron chi connectivity index (χ2n) is 3.09. The maximum atomic E-state index is 11.9. The molecule has 0 spiro atoms. The molecule has 0 radical (unpaired) electrons. The van der Waals surface area contributed by atoms with Crippen LogP contribution in [0.4, 0.5) is 19.0 Å². The van der Waals surface area contributed by atoms with Gasteiger partial charge in [0.15, 0.2) is 0 Å². The van der Waals surface area contributed by atoms with Crippen LogP contribution in [0.15, 0.2) is 18.3 Å². The summed E-state index contributed by atoms with van der Waals surface area (Å²) in [4.78, 5) is 4.03. The van der Waals surface area contributed by atoms with Gasteiger partial charge in [0.2, 0.25) is 0 Å². The number of rotatable bonds is 4. The van der Waals surface area contributed by atoms with Gasteiger partial charge in [0.1, 0.15) is 10.8 Å². The number of hydrogen-bond acceptors (Lipinski definition) is 3. The molecule has 16 heavy (non-hydrogen) atoms. The van der Waals surface area contributed by atoms with E-state index in [9.17, 15) is 13.2 Å². The molecule has 7 heteroatoms. The van der Waals surface area contributed by atoms with E-state index in [4.69, 9.17) is 18.0 Å². The Balaban J connectivity index is 2.55. The molecule has 0 aliphatic rings. The number of alkyl halides is 3. The molecule has 0 bridgehead atoms. The summed E-state index contributed by atoms with van der Waals surface area (Å²) in [6, 6.07) is 3.11. The van der Waals surface area contributed by atoms with Gasteiger partial charge >= 0.3 is 6.18 Å². The SMILES string of the molecule is NC(=S)c1ccnc(NCCC(F)(F)F)c1. The Kier molecular flexibility index (Phi) is 4.05. The van der Waals surface area contributed by atoms with Crippen molar-refractivity contribution in [2.75, 3.05) is 11.9 Å². The molecule has 3 N–H and O–H groups in total. The smallest absolute Gasteiger partial charge is 0.389 e. The molecule has 1 aromatic heterocycles. The molecular weight excluding hydrogens is 239 g/mol. The van der Waals surface area contributed by atoms with Crippen LogP contribution in [0.5, 0.6) is 0 Å². The molecule has 88 valence electrons. The van der Waals surface area contributed by atoms with Gasteiger partial charge in [-0.2, -0.15) is 13.2 Å². The number of nitrogens with one attached hydrogen (secondary N) is 1. The number of anilines is 1. The number of nitrogens with zero attached hydrogens (tertiary/aromatic N) is 1. The van der Waals surface area contributed by atoms with E-state index < -0.39 is 12.6 Å². The van der Waals surface area contributed by atoms with Gasteiger partial charge in [0.05, 0.1) is 6.42 Å². The fraction of sp³-hybridized carbons (Fsp3) is 0.333. The molecule has 0 saturated carbocycles. The van der Waals surface area contributed by atoms with Crippen molar-refractivity contribution in [1.29, 1.82) is 0 Å². The van der Waals surface area contributed by atoms with Crippen molar-refractivity contribution in [2.24, 2.45) is 5.73 Å². The first-order valence-corrected chi connectivity index (χ1v) is 4.86. The third kappa shape index (κ3) is 4.43.